The number of anilines is 2. The zero-order chi connectivity index (χ0) is 22.9. The Morgan fingerprint density at radius 3 is 2.35 bits per heavy atom. The number of nitrogens with zero attached hydrogens (tertiary/aromatic N) is 2. The van der Waals surface area contributed by atoms with E-state index in [2.05, 4.69) is 15.7 Å². The molecule has 1 aromatic carbocycles. The Labute approximate surface area is 181 Å². The highest BCUT2D eigenvalue weighted by Crippen LogP contribution is 2.28. The van der Waals surface area contributed by atoms with Crippen molar-refractivity contribution in [1.82, 2.24) is 9.78 Å². The van der Waals surface area contributed by atoms with E-state index in [1.54, 1.807) is 13.0 Å². The molecule has 2 heterocycles. The number of carbonyl (C=O) groups is 1. The number of thiophene rings is 1. The molecule has 6 nitrogen and oxygen atoms in total. The molecule has 0 atom stereocenters. The van der Waals surface area contributed by atoms with Crippen molar-refractivity contribution >= 4 is 45.5 Å². The summed E-state index contributed by atoms with van der Waals surface area (Å²) < 4.78 is 73.2. The molecule has 0 aliphatic rings. The SMILES string of the molecule is COC(=O)c1cc(C)sc1NC(=S)Nc1ccn(Cc2c(F)c(F)c(F)c(F)c2F)n1. The van der Waals surface area contributed by atoms with Crippen molar-refractivity contribution in [1.29, 1.82) is 0 Å². The van der Waals surface area contributed by atoms with Crippen LogP contribution in [0.3, 0.4) is 0 Å². The summed E-state index contributed by atoms with van der Waals surface area (Å²) in [6.45, 7) is 1.09. The molecule has 0 aliphatic carbocycles. The molecule has 3 rings (SSSR count). The first kappa shape index (κ1) is 22.6. The summed E-state index contributed by atoms with van der Waals surface area (Å²) in [6, 6.07) is 3.00. The molecule has 0 aliphatic heterocycles. The van der Waals surface area contributed by atoms with Crippen molar-refractivity contribution in [3.63, 3.8) is 0 Å². The maximum atomic E-state index is 13.8. The Morgan fingerprint density at radius 1 is 1.13 bits per heavy atom. The molecule has 0 saturated heterocycles. The van der Waals surface area contributed by atoms with E-state index >= 15 is 0 Å². The maximum Gasteiger partial charge on any atom is 0.340 e. The number of methoxy groups -OCH3 is 1. The number of esters is 1. The fourth-order valence-corrected chi connectivity index (χ4v) is 3.76. The van der Waals surface area contributed by atoms with E-state index < -0.39 is 47.2 Å². The number of ether oxygens (including phenoxy) is 1. The van der Waals surface area contributed by atoms with Gasteiger partial charge in [0, 0.05) is 17.1 Å². The van der Waals surface area contributed by atoms with E-state index in [9.17, 15) is 26.7 Å². The number of benzene rings is 1. The van der Waals surface area contributed by atoms with Gasteiger partial charge >= 0.3 is 5.97 Å². The maximum absolute atomic E-state index is 13.8. The normalized spacial score (nSPS) is 10.8. The zero-order valence-electron chi connectivity index (χ0n) is 15.9. The molecular weight excluding hydrogens is 463 g/mol. The number of carbonyl (C=O) groups excluding carboxylic acids is 1. The third-order valence-electron chi connectivity index (χ3n) is 3.99. The standard InChI is InChI=1S/C18H13F5N4O2S2/c1-7-5-8(17(28)29-2)16(31-7)25-18(30)24-10-3-4-27(26-10)6-9-11(19)13(21)15(23)14(22)12(9)20/h3-5H,6H2,1-2H3,(H2,24,25,26,30). The van der Waals surface area contributed by atoms with Gasteiger partial charge in [-0.15, -0.1) is 11.3 Å². The van der Waals surface area contributed by atoms with Gasteiger partial charge < -0.3 is 15.4 Å². The molecule has 0 spiro atoms. The Balaban J connectivity index is 1.73. The summed E-state index contributed by atoms with van der Waals surface area (Å²) in [5, 5.41) is 9.95. The van der Waals surface area contributed by atoms with Crippen LogP contribution in [-0.2, 0) is 11.3 Å². The highest BCUT2D eigenvalue weighted by Gasteiger charge is 2.26. The number of aryl methyl sites for hydroxylation is 1. The predicted octanol–water partition coefficient (Wildman–Crippen LogP) is 4.59. The van der Waals surface area contributed by atoms with Gasteiger partial charge in [0.05, 0.1) is 24.8 Å². The van der Waals surface area contributed by atoms with Crippen molar-refractivity contribution in [2.45, 2.75) is 13.5 Å². The molecule has 164 valence electrons. The van der Waals surface area contributed by atoms with Gasteiger partial charge in [-0.3, -0.25) is 4.68 Å². The van der Waals surface area contributed by atoms with Crippen molar-refractivity contribution in [2.75, 3.05) is 17.7 Å². The summed E-state index contributed by atoms with van der Waals surface area (Å²) in [5.74, 6) is -10.6. The van der Waals surface area contributed by atoms with Crippen LogP contribution < -0.4 is 10.6 Å². The Morgan fingerprint density at radius 2 is 1.74 bits per heavy atom. The van der Waals surface area contributed by atoms with Crippen LogP contribution in [0.25, 0.3) is 0 Å². The molecule has 3 aromatic rings. The fourth-order valence-electron chi connectivity index (χ4n) is 2.59. The van der Waals surface area contributed by atoms with Gasteiger partial charge in [0.1, 0.15) is 5.00 Å². The van der Waals surface area contributed by atoms with E-state index in [0.717, 1.165) is 9.56 Å². The minimum atomic E-state index is -2.23. The van der Waals surface area contributed by atoms with E-state index in [0.29, 0.717) is 5.00 Å². The molecule has 0 unspecified atom stereocenters. The molecule has 0 saturated carbocycles. The average molecular weight is 476 g/mol. The number of rotatable bonds is 5. The molecule has 2 aromatic heterocycles. The van der Waals surface area contributed by atoms with E-state index in [-0.39, 0.29) is 16.5 Å². The topological polar surface area (TPSA) is 68.2 Å². The number of thiocarbonyl (C=S) groups is 1. The summed E-state index contributed by atoms with van der Waals surface area (Å²) in [4.78, 5) is 12.6. The van der Waals surface area contributed by atoms with E-state index in [1.807, 2.05) is 0 Å². The number of hydrogen-bond donors (Lipinski definition) is 2. The third kappa shape index (κ3) is 4.66. The zero-order valence-corrected chi connectivity index (χ0v) is 17.5. The molecule has 0 radical (unpaired) electrons. The van der Waals surface area contributed by atoms with Gasteiger partial charge in [0.2, 0.25) is 5.82 Å². The molecule has 0 bridgehead atoms. The molecular formula is C18H13F5N4O2S2. The Hall–Kier alpha value is -3.06. The monoisotopic (exact) mass is 476 g/mol. The molecule has 2 N–H and O–H groups in total. The first-order chi connectivity index (χ1) is 14.6. The van der Waals surface area contributed by atoms with Crippen molar-refractivity contribution in [3.05, 3.63) is 63.4 Å². The lowest BCUT2D eigenvalue weighted by Gasteiger charge is -2.09. The van der Waals surface area contributed by atoms with E-state index in [4.69, 9.17) is 17.0 Å². The van der Waals surface area contributed by atoms with Gasteiger partial charge in [-0.05, 0) is 25.2 Å². The van der Waals surface area contributed by atoms with Gasteiger partial charge in [0.25, 0.3) is 0 Å². The molecule has 31 heavy (non-hydrogen) atoms. The van der Waals surface area contributed by atoms with Crippen LogP contribution in [0, 0.1) is 36.0 Å². The molecule has 13 heteroatoms. The minimum absolute atomic E-state index is 0.0495. The quantitative estimate of drug-likeness (QED) is 0.185. The summed E-state index contributed by atoms with van der Waals surface area (Å²) in [5.41, 5.74) is -0.741. The second-order valence-electron chi connectivity index (χ2n) is 6.12. The lowest BCUT2D eigenvalue weighted by molar-refractivity contribution is 0.0602. The van der Waals surface area contributed by atoms with E-state index in [1.165, 1.54) is 30.7 Å². The third-order valence-corrected chi connectivity index (χ3v) is 5.16. The number of aromatic nitrogens is 2. The second kappa shape index (κ2) is 8.98. The minimum Gasteiger partial charge on any atom is -0.465 e. The number of nitrogens with one attached hydrogen (secondary N) is 2. The van der Waals surface area contributed by atoms with Gasteiger partial charge in [-0.1, -0.05) is 0 Å². The predicted molar refractivity (Wildman–Crippen MR) is 108 cm³/mol. The van der Waals surface area contributed by atoms with Crippen molar-refractivity contribution in [3.8, 4) is 0 Å². The van der Waals surface area contributed by atoms with Crippen molar-refractivity contribution in [2.24, 2.45) is 0 Å². The van der Waals surface area contributed by atoms with Gasteiger partial charge in [0.15, 0.2) is 34.2 Å². The lowest BCUT2D eigenvalue weighted by atomic mass is 10.1. The van der Waals surface area contributed by atoms with Gasteiger partial charge in [-0.2, -0.15) is 5.10 Å². The summed E-state index contributed by atoms with van der Waals surface area (Å²) in [6.07, 6.45) is 1.26. The van der Waals surface area contributed by atoms with Crippen LogP contribution in [0.15, 0.2) is 18.3 Å². The first-order valence-electron chi connectivity index (χ1n) is 8.42. The lowest BCUT2D eigenvalue weighted by Crippen LogP contribution is -2.20. The number of halogens is 5. The first-order valence-corrected chi connectivity index (χ1v) is 9.65. The van der Waals surface area contributed by atoms with Crippen LogP contribution >= 0.6 is 23.6 Å². The molecule has 0 amide bonds. The summed E-state index contributed by atoms with van der Waals surface area (Å²) in [7, 11) is 1.24. The van der Waals surface area contributed by atoms with Crippen LogP contribution in [0.2, 0.25) is 0 Å². The second-order valence-corrected chi connectivity index (χ2v) is 7.78. The average Bonchev–Trinajstić information content (AvgIpc) is 3.33. The number of hydrogen-bond acceptors (Lipinski definition) is 5. The molecule has 0 fully saturated rings. The smallest absolute Gasteiger partial charge is 0.340 e. The Kier molecular flexibility index (Phi) is 6.55. The van der Waals surface area contributed by atoms with Gasteiger partial charge in [-0.25, -0.2) is 26.7 Å². The summed E-state index contributed by atoms with van der Waals surface area (Å²) >= 11 is 6.42. The van der Waals surface area contributed by atoms with Crippen LogP contribution in [0.5, 0.6) is 0 Å². The highest BCUT2D eigenvalue weighted by atomic mass is 32.1. The fraction of sp³-hybridized carbons (Fsp3) is 0.167. The van der Waals surface area contributed by atoms with Crippen molar-refractivity contribution < 1.29 is 31.5 Å². The van der Waals surface area contributed by atoms with Crippen LogP contribution in [-0.4, -0.2) is 28.0 Å². The Bertz CT molecular complexity index is 1150. The van der Waals surface area contributed by atoms with Crippen LogP contribution in [0.4, 0.5) is 32.8 Å². The highest BCUT2D eigenvalue weighted by molar-refractivity contribution is 7.80. The van der Waals surface area contributed by atoms with Crippen LogP contribution in [0.1, 0.15) is 20.8 Å². The largest absolute Gasteiger partial charge is 0.465 e.